The first-order valence-corrected chi connectivity index (χ1v) is 9.77. The van der Waals surface area contributed by atoms with Gasteiger partial charge in [-0.1, -0.05) is 19.8 Å². The Morgan fingerprint density at radius 1 is 1.45 bits per heavy atom. The molecule has 1 aliphatic rings. The number of alkyl halides is 2. The van der Waals surface area contributed by atoms with Crippen LogP contribution in [0.4, 0.5) is 20.5 Å². The molecule has 1 aliphatic heterocycles. The third kappa shape index (κ3) is 5.26. The molecule has 1 fully saturated rings. The zero-order chi connectivity index (χ0) is 21.1. The summed E-state index contributed by atoms with van der Waals surface area (Å²) in [6.07, 6.45) is 3.76. The van der Waals surface area contributed by atoms with Gasteiger partial charge in [0.25, 0.3) is 5.92 Å². The SMILES string of the molecule is CCCCC(C)(CNC(=O)[C@@H]1CC(F)(F)CN1)Nc1nc(N)nc2cccnc12. The molecule has 3 heterocycles. The number of rotatable bonds is 8. The van der Waals surface area contributed by atoms with Crippen LogP contribution in [-0.4, -0.2) is 51.5 Å². The maximum Gasteiger partial charge on any atom is 0.262 e. The summed E-state index contributed by atoms with van der Waals surface area (Å²) in [5.41, 5.74) is 6.45. The first-order valence-electron chi connectivity index (χ1n) is 9.77. The number of anilines is 2. The van der Waals surface area contributed by atoms with Crippen molar-refractivity contribution in [2.45, 2.75) is 57.0 Å². The Balaban J connectivity index is 1.76. The van der Waals surface area contributed by atoms with Crippen molar-refractivity contribution in [1.29, 1.82) is 0 Å². The van der Waals surface area contributed by atoms with Crippen LogP contribution in [0.3, 0.4) is 0 Å². The maximum atomic E-state index is 13.4. The van der Waals surface area contributed by atoms with E-state index in [1.54, 1.807) is 18.3 Å². The van der Waals surface area contributed by atoms with Crippen molar-refractivity contribution in [1.82, 2.24) is 25.6 Å². The van der Waals surface area contributed by atoms with E-state index in [0.29, 0.717) is 16.9 Å². The number of pyridine rings is 1. The second-order valence-corrected chi connectivity index (χ2v) is 7.80. The lowest BCUT2D eigenvalue weighted by molar-refractivity contribution is -0.123. The number of fused-ring (bicyclic) bond motifs is 1. The van der Waals surface area contributed by atoms with Crippen LogP contribution in [-0.2, 0) is 4.79 Å². The van der Waals surface area contributed by atoms with Crippen LogP contribution in [0.5, 0.6) is 0 Å². The van der Waals surface area contributed by atoms with Gasteiger partial charge in [0, 0.05) is 19.2 Å². The van der Waals surface area contributed by atoms with Crippen molar-refractivity contribution in [2.24, 2.45) is 0 Å². The minimum absolute atomic E-state index is 0.118. The van der Waals surface area contributed by atoms with E-state index >= 15 is 0 Å². The summed E-state index contributed by atoms with van der Waals surface area (Å²) in [6.45, 7) is 3.79. The standard InChI is InChI=1S/C19H27F2N7O/c1-3-4-7-18(2,10-25-16(29)13-9-19(20,21)11-24-13)28-15-14-12(6-5-8-23-14)26-17(22)27-15/h5-6,8,13,24H,3-4,7,9-11H2,1-2H3,(H,25,29)(H3,22,26,27,28)/t13-,18?/m0/s1. The summed E-state index contributed by atoms with van der Waals surface area (Å²) in [5, 5.41) is 8.74. The monoisotopic (exact) mass is 407 g/mol. The normalized spacial score (nSPS) is 20.3. The molecule has 1 unspecified atom stereocenters. The summed E-state index contributed by atoms with van der Waals surface area (Å²) < 4.78 is 26.8. The first-order chi connectivity index (χ1) is 13.7. The molecule has 0 saturated carbocycles. The van der Waals surface area contributed by atoms with Crippen LogP contribution in [0.1, 0.15) is 39.5 Å². The number of nitrogen functional groups attached to an aromatic ring is 1. The summed E-state index contributed by atoms with van der Waals surface area (Å²) in [6, 6.07) is 2.67. The summed E-state index contributed by atoms with van der Waals surface area (Å²) in [4.78, 5) is 25.2. The van der Waals surface area contributed by atoms with Gasteiger partial charge < -0.3 is 16.4 Å². The van der Waals surface area contributed by atoms with Gasteiger partial charge in [-0.25, -0.2) is 13.8 Å². The van der Waals surface area contributed by atoms with Crippen molar-refractivity contribution in [3.05, 3.63) is 18.3 Å². The molecule has 8 nitrogen and oxygen atoms in total. The van der Waals surface area contributed by atoms with Crippen LogP contribution in [0.25, 0.3) is 11.0 Å². The van der Waals surface area contributed by atoms with Gasteiger partial charge >= 0.3 is 0 Å². The van der Waals surface area contributed by atoms with Crippen molar-refractivity contribution in [2.75, 3.05) is 24.1 Å². The molecule has 0 radical (unpaired) electrons. The Morgan fingerprint density at radius 3 is 2.93 bits per heavy atom. The Morgan fingerprint density at radius 2 is 2.24 bits per heavy atom. The third-order valence-electron chi connectivity index (χ3n) is 5.05. The molecule has 1 saturated heterocycles. The van der Waals surface area contributed by atoms with E-state index in [9.17, 15) is 13.6 Å². The molecule has 10 heteroatoms. The van der Waals surface area contributed by atoms with Crippen LogP contribution >= 0.6 is 0 Å². The average molecular weight is 407 g/mol. The molecule has 29 heavy (non-hydrogen) atoms. The number of halogens is 2. The van der Waals surface area contributed by atoms with Gasteiger partial charge in [-0.2, -0.15) is 4.98 Å². The molecular weight excluding hydrogens is 380 g/mol. The molecule has 0 bridgehead atoms. The van der Waals surface area contributed by atoms with E-state index in [1.807, 2.05) is 6.92 Å². The average Bonchev–Trinajstić information content (AvgIpc) is 3.04. The molecule has 158 valence electrons. The van der Waals surface area contributed by atoms with Gasteiger partial charge in [0.15, 0.2) is 5.82 Å². The highest BCUT2D eigenvalue weighted by atomic mass is 19.3. The number of nitrogens with zero attached hydrogens (tertiary/aromatic N) is 3. The van der Waals surface area contributed by atoms with Gasteiger partial charge in [-0.15, -0.1) is 0 Å². The van der Waals surface area contributed by atoms with E-state index < -0.39 is 36.4 Å². The van der Waals surface area contributed by atoms with Crippen LogP contribution in [0, 0.1) is 0 Å². The molecule has 2 atom stereocenters. The van der Waals surface area contributed by atoms with E-state index in [1.165, 1.54) is 0 Å². The quantitative estimate of drug-likeness (QED) is 0.529. The molecule has 1 amide bonds. The number of hydrogen-bond donors (Lipinski definition) is 4. The lowest BCUT2D eigenvalue weighted by Crippen LogP contribution is -2.50. The highest BCUT2D eigenvalue weighted by Gasteiger charge is 2.42. The highest BCUT2D eigenvalue weighted by Crippen LogP contribution is 2.27. The third-order valence-corrected chi connectivity index (χ3v) is 5.05. The topological polar surface area (TPSA) is 118 Å². The molecule has 2 aromatic heterocycles. The number of nitrogens with one attached hydrogen (secondary N) is 3. The second kappa shape index (κ2) is 8.40. The molecule has 3 rings (SSSR count). The summed E-state index contributed by atoms with van der Waals surface area (Å²) in [5.74, 6) is -2.69. The fourth-order valence-corrected chi connectivity index (χ4v) is 3.43. The Labute approximate surface area is 168 Å². The number of carbonyl (C=O) groups is 1. The molecule has 0 aromatic carbocycles. The van der Waals surface area contributed by atoms with Gasteiger partial charge in [0.05, 0.1) is 23.6 Å². The molecule has 0 aliphatic carbocycles. The lowest BCUT2D eigenvalue weighted by Gasteiger charge is -2.32. The number of unbranched alkanes of at least 4 members (excludes halogenated alkanes) is 1. The van der Waals surface area contributed by atoms with Crippen molar-refractivity contribution in [3.8, 4) is 0 Å². The number of hydrogen-bond acceptors (Lipinski definition) is 7. The Bertz CT molecular complexity index is 879. The van der Waals surface area contributed by atoms with Crippen LogP contribution in [0.15, 0.2) is 18.3 Å². The number of carbonyl (C=O) groups excluding carboxylic acids is 1. The molecular formula is C19H27F2N7O. The van der Waals surface area contributed by atoms with E-state index in [2.05, 4.69) is 37.8 Å². The Hall–Kier alpha value is -2.62. The Kier molecular flexibility index (Phi) is 6.11. The fourth-order valence-electron chi connectivity index (χ4n) is 3.43. The first kappa shape index (κ1) is 21.1. The van der Waals surface area contributed by atoms with Crippen LogP contribution < -0.4 is 21.7 Å². The zero-order valence-corrected chi connectivity index (χ0v) is 16.6. The maximum absolute atomic E-state index is 13.4. The predicted octanol–water partition coefficient (Wildman–Crippen LogP) is 2.08. The largest absolute Gasteiger partial charge is 0.368 e. The number of aromatic nitrogens is 3. The minimum Gasteiger partial charge on any atom is -0.368 e. The van der Waals surface area contributed by atoms with Crippen molar-refractivity contribution in [3.63, 3.8) is 0 Å². The predicted molar refractivity (Wildman–Crippen MR) is 108 cm³/mol. The molecule has 2 aromatic rings. The number of nitrogens with two attached hydrogens (primary N) is 1. The molecule has 5 N–H and O–H groups in total. The van der Waals surface area contributed by atoms with Gasteiger partial charge in [-0.3, -0.25) is 15.1 Å². The summed E-state index contributed by atoms with van der Waals surface area (Å²) >= 11 is 0. The lowest BCUT2D eigenvalue weighted by atomic mass is 9.94. The highest BCUT2D eigenvalue weighted by molar-refractivity contribution is 5.86. The fraction of sp³-hybridized carbons (Fsp3) is 0.579. The van der Waals surface area contributed by atoms with Gasteiger partial charge in [0.2, 0.25) is 11.9 Å². The van der Waals surface area contributed by atoms with E-state index in [-0.39, 0.29) is 12.5 Å². The van der Waals surface area contributed by atoms with E-state index in [4.69, 9.17) is 5.73 Å². The minimum atomic E-state index is -2.85. The smallest absolute Gasteiger partial charge is 0.262 e. The number of amides is 1. The zero-order valence-electron chi connectivity index (χ0n) is 16.6. The van der Waals surface area contributed by atoms with Gasteiger partial charge in [0.1, 0.15) is 5.52 Å². The van der Waals surface area contributed by atoms with Crippen molar-refractivity contribution < 1.29 is 13.6 Å². The van der Waals surface area contributed by atoms with E-state index in [0.717, 1.165) is 19.3 Å². The van der Waals surface area contributed by atoms with Crippen molar-refractivity contribution >= 4 is 28.7 Å². The summed E-state index contributed by atoms with van der Waals surface area (Å²) in [7, 11) is 0. The van der Waals surface area contributed by atoms with Gasteiger partial charge in [-0.05, 0) is 25.5 Å². The van der Waals surface area contributed by atoms with Crippen LogP contribution in [0.2, 0.25) is 0 Å². The second-order valence-electron chi connectivity index (χ2n) is 7.80. The molecule has 0 spiro atoms.